The number of hydrogen-bond acceptors (Lipinski definition) is 3. The van der Waals surface area contributed by atoms with Crippen LogP contribution in [0.15, 0.2) is 24.7 Å². The standard InChI is InChI=1S/C9H8N4O/c14-13-2-1-7-8(5-13)10-3-6-4-11-12-9(6)7/h1-2,4-5,10H,3H2,(H,11,12). The van der Waals surface area contributed by atoms with Crippen LogP contribution in [0.1, 0.15) is 5.56 Å². The fourth-order valence-electron chi connectivity index (χ4n) is 1.70. The van der Waals surface area contributed by atoms with Crippen molar-refractivity contribution >= 4 is 5.69 Å². The van der Waals surface area contributed by atoms with E-state index in [0.29, 0.717) is 6.54 Å². The average molecular weight is 188 g/mol. The highest BCUT2D eigenvalue weighted by atomic mass is 16.5. The minimum absolute atomic E-state index is 0.711. The summed E-state index contributed by atoms with van der Waals surface area (Å²) < 4.78 is 0.781. The maximum atomic E-state index is 11.0. The number of H-pyrrole nitrogens is 1. The molecule has 2 aromatic heterocycles. The van der Waals surface area contributed by atoms with Crippen LogP contribution in [0.25, 0.3) is 11.3 Å². The predicted octanol–water partition coefficient (Wildman–Crippen LogP) is 0.636. The van der Waals surface area contributed by atoms with Crippen LogP contribution in [0.5, 0.6) is 0 Å². The SMILES string of the molecule is [O-][n+]1ccc2c(c1)NCc1c[nH]nc1-2. The van der Waals surface area contributed by atoms with Crippen LogP contribution in [0.3, 0.4) is 0 Å². The lowest BCUT2D eigenvalue weighted by atomic mass is 10.0. The van der Waals surface area contributed by atoms with Crippen molar-refractivity contribution in [3.05, 3.63) is 35.4 Å². The summed E-state index contributed by atoms with van der Waals surface area (Å²) in [6.07, 6.45) is 4.86. The number of nitrogens with one attached hydrogen (secondary N) is 2. The number of pyridine rings is 1. The highest BCUT2D eigenvalue weighted by molar-refractivity contribution is 5.78. The number of aromatic amines is 1. The summed E-state index contributed by atoms with van der Waals surface area (Å²) in [5.41, 5.74) is 3.86. The van der Waals surface area contributed by atoms with Gasteiger partial charge in [-0.05, 0) is 0 Å². The van der Waals surface area contributed by atoms with Gasteiger partial charge in [-0.25, -0.2) is 0 Å². The highest BCUT2D eigenvalue weighted by Gasteiger charge is 2.19. The third-order valence-electron chi connectivity index (χ3n) is 2.38. The van der Waals surface area contributed by atoms with Crippen LogP contribution in [0.2, 0.25) is 0 Å². The second-order valence-corrected chi connectivity index (χ2v) is 3.24. The average Bonchev–Trinajstić information content (AvgIpc) is 2.65. The van der Waals surface area contributed by atoms with Gasteiger partial charge in [0.1, 0.15) is 5.69 Å². The maximum absolute atomic E-state index is 11.0. The molecule has 0 amide bonds. The first-order chi connectivity index (χ1) is 6.84. The largest absolute Gasteiger partial charge is 0.619 e. The third kappa shape index (κ3) is 0.891. The smallest absolute Gasteiger partial charge is 0.204 e. The van der Waals surface area contributed by atoms with E-state index in [1.165, 1.54) is 12.4 Å². The van der Waals surface area contributed by atoms with Crippen molar-refractivity contribution in [2.75, 3.05) is 5.32 Å². The van der Waals surface area contributed by atoms with Gasteiger partial charge in [0.2, 0.25) is 6.20 Å². The zero-order valence-corrected chi connectivity index (χ0v) is 7.32. The van der Waals surface area contributed by atoms with Crippen molar-refractivity contribution < 1.29 is 4.73 Å². The molecule has 3 rings (SSSR count). The van der Waals surface area contributed by atoms with Gasteiger partial charge in [-0.2, -0.15) is 9.83 Å². The quantitative estimate of drug-likeness (QED) is 0.470. The number of anilines is 1. The summed E-state index contributed by atoms with van der Waals surface area (Å²) in [4.78, 5) is 0. The number of aromatic nitrogens is 3. The monoisotopic (exact) mass is 188 g/mol. The van der Waals surface area contributed by atoms with Gasteiger partial charge in [-0.1, -0.05) is 0 Å². The maximum Gasteiger partial charge on any atom is 0.204 e. The molecule has 70 valence electrons. The van der Waals surface area contributed by atoms with Gasteiger partial charge in [-0.3, -0.25) is 5.10 Å². The van der Waals surface area contributed by atoms with Gasteiger partial charge in [0.15, 0.2) is 6.20 Å². The first-order valence-electron chi connectivity index (χ1n) is 4.34. The zero-order valence-electron chi connectivity index (χ0n) is 7.32. The summed E-state index contributed by atoms with van der Waals surface area (Å²) in [6, 6.07) is 1.77. The first-order valence-corrected chi connectivity index (χ1v) is 4.34. The minimum Gasteiger partial charge on any atom is -0.619 e. The number of hydrogen-bond donors (Lipinski definition) is 2. The van der Waals surface area contributed by atoms with Crippen LogP contribution < -0.4 is 10.0 Å². The lowest BCUT2D eigenvalue weighted by Crippen LogP contribution is -2.26. The van der Waals surface area contributed by atoms with Gasteiger partial charge < -0.3 is 10.5 Å². The van der Waals surface area contributed by atoms with E-state index in [1.54, 1.807) is 6.07 Å². The molecule has 0 atom stereocenters. The predicted molar refractivity (Wildman–Crippen MR) is 50.3 cm³/mol. The molecule has 3 heterocycles. The molecule has 0 radical (unpaired) electrons. The van der Waals surface area contributed by atoms with Crippen molar-refractivity contribution in [1.82, 2.24) is 10.2 Å². The molecule has 0 aromatic carbocycles. The number of nitrogens with zero attached hydrogens (tertiary/aromatic N) is 2. The Hall–Kier alpha value is -2.04. The summed E-state index contributed by atoms with van der Waals surface area (Å²) in [6.45, 7) is 0.711. The Morgan fingerprint density at radius 1 is 1.50 bits per heavy atom. The van der Waals surface area contributed by atoms with Gasteiger partial charge in [0, 0.05) is 29.9 Å². The van der Waals surface area contributed by atoms with Crippen molar-refractivity contribution in [1.29, 1.82) is 0 Å². The molecule has 1 aliphatic rings. The van der Waals surface area contributed by atoms with E-state index in [4.69, 9.17) is 0 Å². The van der Waals surface area contributed by atoms with Crippen molar-refractivity contribution in [3.63, 3.8) is 0 Å². The van der Waals surface area contributed by atoms with E-state index in [0.717, 1.165) is 27.2 Å². The van der Waals surface area contributed by atoms with E-state index >= 15 is 0 Å². The second-order valence-electron chi connectivity index (χ2n) is 3.24. The molecular formula is C9H8N4O. The van der Waals surface area contributed by atoms with E-state index in [-0.39, 0.29) is 0 Å². The van der Waals surface area contributed by atoms with Crippen LogP contribution in [0, 0.1) is 5.21 Å². The summed E-state index contributed by atoms with van der Waals surface area (Å²) >= 11 is 0. The molecule has 0 fully saturated rings. The third-order valence-corrected chi connectivity index (χ3v) is 2.38. The number of fused-ring (bicyclic) bond motifs is 3. The van der Waals surface area contributed by atoms with Crippen molar-refractivity contribution in [3.8, 4) is 11.3 Å². The molecule has 5 heteroatoms. The Morgan fingerprint density at radius 3 is 3.36 bits per heavy atom. The normalized spacial score (nSPS) is 12.9. The minimum atomic E-state index is 0.711. The highest BCUT2D eigenvalue weighted by Crippen LogP contribution is 2.31. The second kappa shape index (κ2) is 2.47. The van der Waals surface area contributed by atoms with Crippen LogP contribution in [-0.4, -0.2) is 10.2 Å². The van der Waals surface area contributed by atoms with Crippen LogP contribution in [-0.2, 0) is 6.54 Å². The molecule has 0 unspecified atom stereocenters. The fraction of sp³-hybridized carbons (Fsp3) is 0.111. The molecule has 0 saturated carbocycles. The molecule has 14 heavy (non-hydrogen) atoms. The van der Waals surface area contributed by atoms with Gasteiger partial charge in [-0.15, -0.1) is 0 Å². The fourth-order valence-corrected chi connectivity index (χ4v) is 1.70. The molecule has 2 aromatic rings. The van der Waals surface area contributed by atoms with E-state index in [1.807, 2.05) is 6.20 Å². The Kier molecular flexibility index (Phi) is 1.30. The van der Waals surface area contributed by atoms with Crippen molar-refractivity contribution in [2.45, 2.75) is 6.54 Å². The van der Waals surface area contributed by atoms with E-state index in [2.05, 4.69) is 15.5 Å². The lowest BCUT2D eigenvalue weighted by molar-refractivity contribution is -0.604. The topological polar surface area (TPSA) is 67.7 Å². The van der Waals surface area contributed by atoms with E-state index in [9.17, 15) is 5.21 Å². The Balaban J connectivity index is 2.26. The zero-order chi connectivity index (χ0) is 9.54. The molecule has 0 saturated heterocycles. The summed E-state index contributed by atoms with van der Waals surface area (Å²) in [5.74, 6) is 0. The molecule has 2 N–H and O–H groups in total. The Bertz CT molecular complexity index is 491. The molecule has 0 aliphatic carbocycles. The summed E-state index contributed by atoms with van der Waals surface area (Å²) in [7, 11) is 0. The molecule has 5 nitrogen and oxygen atoms in total. The summed E-state index contributed by atoms with van der Waals surface area (Å²) in [5, 5.41) is 21.2. The molecule has 1 aliphatic heterocycles. The molecule has 0 spiro atoms. The van der Waals surface area contributed by atoms with Crippen LogP contribution in [0.4, 0.5) is 5.69 Å². The van der Waals surface area contributed by atoms with Gasteiger partial charge in [0.05, 0.1) is 5.69 Å². The molecule has 0 bridgehead atoms. The Morgan fingerprint density at radius 2 is 2.43 bits per heavy atom. The number of rotatable bonds is 0. The van der Waals surface area contributed by atoms with Gasteiger partial charge in [0.25, 0.3) is 0 Å². The van der Waals surface area contributed by atoms with Crippen LogP contribution >= 0.6 is 0 Å². The molecular weight excluding hydrogens is 180 g/mol. The lowest BCUT2D eigenvalue weighted by Gasteiger charge is -2.15. The first kappa shape index (κ1) is 7.37. The van der Waals surface area contributed by atoms with Crippen molar-refractivity contribution in [2.24, 2.45) is 0 Å². The van der Waals surface area contributed by atoms with Gasteiger partial charge >= 0.3 is 0 Å². The Labute approximate surface area is 80.0 Å². The van der Waals surface area contributed by atoms with E-state index < -0.39 is 0 Å².